The van der Waals surface area contributed by atoms with Gasteiger partial charge in [-0.15, -0.1) is 0 Å². The molecule has 0 bridgehead atoms. The molecule has 1 aromatic rings. The second-order valence-corrected chi connectivity index (χ2v) is 3.34. The molecule has 1 aromatic carbocycles. The Balaban J connectivity index is 3.05. The molecule has 0 aliphatic heterocycles. The van der Waals surface area contributed by atoms with Crippen molar-refractivity contribution in [2.24, 2.45) is 0 Å². The van der Waals surface area contributed by atoms with Crippen molar-refractivity contribution in [1.29, 1.82) is 0 Å². The van der Waals surface area contributed by atoms with Crippen LogP contribution in [0.3, 0.4) is 0 Å². The number of hydrogen-bond donors (Lipinski definition) is 2. The van der Waals surface area contributed by atoms with E-state index < -0.39 is 0 Å². The second kappa shape index (κ2) is 4.10. The lowest BCUT2D eigenvalue weighted by Crippen LogP contribution is -2.07. The van der Waals surface area contributed by atoms with Crippen molar-refractivity contribution in [2.45, 2.75) is 13.5 Å². The Labute approximate surface area is 81.1 Å². The zero-order chi connectivity index (χ0) is 9.14. The summed E-state index contributed by atoms with van der Waals surface area (Å²) in [5, 5.41) is 9.52. The van der Waals surface area contributed by atoms with Gasteiger partial charge in [0, 0.05) is 6.54 Å². The molecule has 0 atom stereocenters. The van der Waals surface area contributed by atoms with Crippen LogP contribution < -0.4 is 5.48 Å². The van der Waals surface area contributed by atoms with Crippen molar-refractivity contribution in [3.05, 3.63) is 33.3 Å². The van der Waals surface area contributed by atoms with Crippen molar-refractivity contribution in [3.63, 3.8) is 0 Å². The monoisotopic (exact) mass is 205 g/mol. The summed E-state index contributed by atoms with van der Waals surface area (Å²) in [6, 6.07) is 3.51. The number of hydroxylamine groups is 1. The van der Waals surface area contributed by atoms with Crippen molar-refractivity contribution in [3.8, 4) is 0 Å². The molecule has 2 nitrogen and oxygen atoms in total. The number of benzene rings is 1. The molecule has 66 valence electrons. The number of aryl methyl sites for hydroxylation is 1. The van der Waals surface area contributed by atoms with E-state index in [4.69, 9.17) is 28.4 Å². The van der Waals surface area contributed by atoms with E-state index in [9.17, 15) is 0 Å². The molecule has 0 aliphatic rings. The number of rotatable bonds is 2. The van der Waals surface area contributed by atoms with Gasteiger partial charge < -0.3 is 5.21 Å². The van der Waals surface area contributed by atoms with Crippen LogP contribution >= 0.6 is 23.2 Å². The van der Waals surface area contributed by atoms with Gasteiger partial charge in [-0.2, -0.15) is 0 Å². The predicted molar refractivity (Wildman–Crippen MR) is 49.8 cm³/mol. The lowest BCUT2D eigenvalue weighted by molar-refractivity contribution is 0.161. The fourth-order valence-electron chi connectivity index (χ4n) is 0.963. The molecule has 4 heteroatoms. The van der Waals surface area contributed by atoms with Gasteiger partial charge in [0.15, 0.2) is 0 Å². The highest BCUT2D eigenvalue weighted by atomic mass is 35.5. The van der Waals surface area contributed by atoms with E-state index in [0.29, 0.717) is 16.6 Å². The van der Waals surface area contributed by atoms with Crippen LogP contribution in [0.5, 0.6) is 0 Å². The Morgan fingerprint density at radius 3 is 2.50 bits per heavy atom. The molecule has 0 radical (unpaired) electrons. The van der Waals surface area contributed by atoms with E-state index in [2.05, 4.69) is 5.48 Å². The minimum Gasteiger partial charge on any atom is -0.316 e. The Bertz CT molecular complexity index is 289. The van der Waals surface area contributed by atoms with Gasteiger partial charge in [-0.3, -0.25) is 0 Å². The van der Waals surface area contributed by atoms with E-state index >= 15 is 0 Å². The van der Waals surface area contributed by atoms with Crippen LogP contribution in [0.4, 0.5) is 0 Å². The van der Waals surface area contributed by atoms with E-state index in [-0.39, 0.29) is 0 Å². The quantitative estimate of drug-likeness (QED) is 0.729. The Morgan fingerprint density at radius 1 is 1.33 bits per heavy atom. The summed E-state index contributed by atoms with van der Waals surface area (Å²) in [6.07, 6.45) is 0. The molecule has 0 aliphatic carbocycles. The molecule has 0 heterocycles. The Hall–Kier alpha value is -0.280. The maximum absolute atomic E-state index is 8.48. The largest absolute Gasteiger partial charge is 0.316 e. The average Bonchev–Trinajstić information content (AvgIpc) is 2.01. The third-order valence-electron chi connectivity index (χ3n) is 1.65. The maximum Gasteiger partial charge on any atom is 0.0595 e. The Kier molecular flexibility index (Phi) is 3.35. The van der Waals surface area contributed by atoms with Gasteiger partial charge in [-0.1, -0.05) is 23.2 Å². The van der Waals surface area contributed by atoms with Crippen LogP contribution in [-0.4, -0.2) is 5.21 Å². The minimum atomic E-state index is 0.378. The molecular weight excluding hydrogens is 197 g/mol. The molecule has 1 rings (SSSR count). The van der Waals surface area contributed by atoms with Gasteiger partial charge in [-0.25, -0.2) is 5.48 Å². The van der Waals surface area contributed by atoms with Crippen LogP contribution in [0.25, 0.3) is 0 Å². The summed E-state index contributed by atoms with van der Waals surface area (Å²) in [5.41, 5.74) is 4.01. The smallest absolute Gasteiger partial charge is 0.0595 e. The van der Waals surface area contributed by atoms with Gasteiger partial charge in [0.2, 0.25) is 0 Å². The molecule has 0 unspecified atom stereocenters. The topological polar surface area (TPSA) is 32.3 Å². The molecule has 12 heavy (non-hydrogen) atoms. The minimum absolute atomic E-state index is 0.378. The highest BCUT2D eigenvalue weighted by molar-refractivity contribution is 6.42. The van der Waals surface area contributed by atoms with Gasteiger partial charge in [0.25, 0.3) is 0 Å². The number of halogens is 2. The normalized spacial score (nSPS) is 10.3. The standard InChI is InChI=1S/C8H9Cl2NO/c1-5-2-7(9)8(10)3-6(5)4-11-12/h2-3,11-12H,4H2,1H3. The summed E-state index contributed by atoms with van der Waals surface area (Å²) in [6.45, 7) is 2.29. The molecule has 0 saturated heterocycles. The molecule has 0 saturated carbocycles. The molecule has 2 N–H and O–H groups in total. The zero-order valence-corrected chi connectivity index (χ0v) is 8.08. The number of nitrogens with one attached hydrogen (secondary N) is 1. The second-order valence-electron chi connectivity index (χ2n) is 2.53. The third-order valence-corrected chi connectivity index (χ3v) is 2.37. The first kappa shape index (κ1) is 9.81. The first-order chi connectivity index (χ1) is 5.65. The van der Waals surface area contributed by atoms with Crippen molar-refractivity contribution >= 4 is 23.2 Å². The van der Waals surface area contributed by atoms with Gasteiger partial charge >= 0.3 is 0 Å². The average molecular weight is 206 g/mol. The third kappa shape index (κ3) is 2.11. The molecule has 0 fully saturated rings. The summed E-state index contributed by atoms with van der Waals surface area (Å²) in [7, 11) is 0. The van der Waals surface area contributed by atoms with E-state index in [0.717, 1.165) is 11.1 Å². The van der Waals surface area contributed by atoms with Gasteiger partial charge in [-0.05, 0) is 30.2 Å². The van der Waals surface area contributed by atoms with E-state index in [1.807, 2.05) is 6.92 Å². The fourth-order valence-corrected chi connectivity index (χ4v) is 1.37. The fraction of sp³-hybridized carbons (Fsp3) is 0.250. The number of hydrogen-bond acceptors (Lipinski definition) is 2. The van der Waals surface area contributed by atoms with Crippen LogP contribution in [-0.2, 0) is 6.54 Å². The van der Waals surface area contributed by atoms with Crippen LogP contribution in [0.15, 0.2) is 12.1 Å². The summed E-state index contributed by atoms with van der Waals surface area (Å²) in [5.74, 6) is 0. The highest BCUT2D eigenvalue weighted by Gasteiger charge is 2.02. The van der Waals surface area contributed by atoms with Crippen LogP contribution in [0.2, 0.25) is 10.0 Å². The van der Waals surface area contributed by atoms with E-state index in [1.54, 1.807) is 12.1 Å². The summed E-state index contributed by atoms with van der Waals surface area (Å²) < 4.78 is 0. The SMILES string of the molecule is Cc1cc(Cl)c(Cl)cc1CNO. The first-order valence-electron chi connectivity index (χ1n) is 3.46. The Morgan fingerprint density at radius 2 is 1.92 bits per heavy atom. The lowest BCUT2D eigenvalue weighted by atomic mass is 10.1. The maximum atomic E-state index is 8.48. The first-order valence-corrected chi connectivity index (χ1v) is 4.22. The zero-order valence-electron chi connectivity index (χ0n) is 6.56. The van der Waals surface area contributed by atoms with Crippen LogP contribution in [0, 0.1) is 6.92 Å². The summed E-state index contributed by atoms with van der Waals surface area (Å²) in [4.78, 5) is 0. The van der Waals surface area contributed by atoms with Crippen molar-refractivity contribution in [2.75, 3.05) is 0 Å². The molecule has 0 spiro atoms. The summed E-state index contributed by atoms with van der Waals surface area (Å²) >= 11 is 11.6. The highest BCUT2D eigenvalue weighted by Crippen LogP contribution is 2.25. The lowest BCUT2D eigenvalue weighted by Gasteiger charge is -2.05. The van der Waals surface area contributed by atoms with Gasteiger partial charge in [0.05, 0.1) is 10.0 Å². The molecule has 0 aromatic heterocycles. The van der Waals surface area contributed by atoms with E-state index in [1.165, 1.54) is 0 Å². The van der Waals surface area contributed by atoms with Crippen molar-refractivity contribution in [1.82, 2.24) is 5.48 Å². The predicted octanol–water partition coefficient (Wildman–Crippen LogP) is 2.78. The van der Waals surface area contributed by atoms with Crippen molar-refractivity contribution < 1.29 is 5.21 Å². The van der Waals surface area contributed by atoms with Gasteiger partial charge in [0.1, 0.15) is 0 Å². The molecular formula is C8H9Cl2NO. The molecule has 0 amide bonds. The van der Waals surface area contributed by atoms with Crippen LogP contribution in [0.1, 0.15) is 11.1 Å².